The topological polar surface area (TPSA) is 25.8 Å². The molecule has 0 atom stereocenters. The first-order valence-electron chi connectivity index (χ1n) is 3.53. The Morgan fingerprint density at radius 3 is 3.00 bits per heavy atom. The summed E-state index contributed by atoms with van der Waals surface area (Å²) in [6, 6.07) is 5.88. The second kappa shape index (κ2) is 2.34. The van der Waals surface area contributed by atoms with Crippen molar-refractivity contribution in [2.24, 2.45) is 0 Å². The summed E-state index contributed by atoms with van der Waals surface area (Å²) in [4.78, 5) is 8.40. The van der Waals surface area contributed by atoms with E-state index in [1.54, 1.807) is 6.20 Å². The third-order valence-corrected chi connectivity index (χ3v) is 1.59. The molecule has 0 radical (unpaired) electrons. The number of nitrogens with zero attached hydrogens (tertiary/aromatic N) is 2. The Balaban J connectivity index is 2.83. The van der Waals surface area contributed by atoms with E-state index in [4.69, 9.17) is 0 Å². The van der Waals surface area contributed by atoms with Crippen molar-refractivity contribution < 1.29 is 0 Å². The van der Waals surface area contributed by atoms with E-state index in [0.29, 0.717) is 0 Å². The molecule has 3 heteroatoms. The van der Waals surface area contributed by atoms with Gasteiger partial charge in [-0.1, -0.05) is 5.46 Å². The smallest absolute Gasteiger partial charge is 0.141 e. The summed E-state index contributed by atoms with van der Waals surface area (Å²) in [6.45, 7) is 0. The molecule has 0 aliphatic rings. The van der Waals surface area contributed by atoms with Gasteiger partial charge >= 0.3 is 0 Å². The van der Waals surface area contributed by atoms with E-state index in [9.17, 15) is 0 Å². The Bertz CT molecular complexity index is 387. The third kappa shape index (κ3) is 1.09. The maximum atomic E-state index is 4.22. The van der Waals surface area contributed by atoms with Gasteiger partial charge in [0.25, 0.3) is 0 Å². The van der Waals surface area contributed by atoms with Crippen molar-refractivity contribution in [3.05, 3.63) is 30.6 Å². The van der Waals surface area contributed by atoms with Crippen molar-refractivity contribution in [2.45, 2.75) is 0 Å². The summed E-state index contributed by atoms with van der Waals surface area (Å²) in [5.41, 5.74) is 3.07. The van der Waals surface area contributed by atoms with Crippen LogP contribution >= 0.6 is 0 Å². The molecule has 2 aromatic rings. The second-order valence-corrected chi connectivity index (χ2v) is 2.55. The molecule has 52 valence electrons. The van der Waals surface area contributed by atoms with Crippen LogP contribution in [-0.2, 0) is 0 Å². The number of pyridine rings is 2. The number of hydrogen-bond acceptors (Lipinski definition) is 2. The van der Waals surface area contributed by atoms with E-state index >= 15 is 0 Å². The SMILES string of the molecule is Bc1cnc2cccnc2c1. The van der Waals surface area contributed by atoms with Crippen LogP contribution in [0.15, 0.2) is 30.6 Å². The number of rotatable bonds is 0. The van der Waals surface area contributed by atoms with Crippen LogP contribution in [0.5, 0.6) is 0 Å². The minimum absolute atomic E-state index is 0.957. The average Bonchev–Trinajstić information content (AvgIpc) is 2.04. The Kier molecular flexibility index (Phi) is 1.35. The van der Waals surface area contributed by atoms with Crippen molar-refractivity contribution in [2.75, 3.05) is 0 Å². The molecule has 0 aliphatic carbocycles. The van der Waals surface area contributed by atoms with Crippen molar-refractivity contribution in [1.82, 2.24) is 9.97 Å². The Morgan fingerprint density at radius 1 is 1.18 bits per heavy atom. The summed E-state index contributed by atoms with van der Waals surface area (Å²) in [7, 11) is 2.02. The lowest BCUT2D eigenvalue weighted by Crippen LogP contribution is -2.02. The van der Waals surface area contributed by atoms with E-state index in [0.717, 1.165) is 16.5 Å². The molecule has 2 aromatic heterocycles. The third-order valence-electron chi connectivity index (χ3n) is 1.59. The highest BCUT2D eigenvalue weighted by Crippen LogP contribution is 2.02. The summed E-state index contributed by atoms with van der Waals surface area (Å²) in [5.74, 6) is 0. The number of aromatic nitrogens is 2. The van der Waals surface area contributed by atoms with Gasteiger partial charge in [-0.15, -0.1) is 0 Å². The second-order valence-electron chi connectivity index (χ2n) is 2.55. The van der Waals surface area contributed by atoms with Gasteiger partial charge in [-0.3, -0.25) is 9.97 Å². The monoisotopic (exact) mass is 142 g/mol. The van der Waals surface area contributed by atoms with Crippen molar-refractivity contribution in [3.63, 3.8) is 0 Å². The van der Waals surface area contributed by atoms with Crippen LogP contribution < -0.4 is 5.46 Å². The molecular formula is C8H7BN2. The molecule has 0 saturated heterocycles. The standard InChI is InChI=1S/C8H7BN2/c9-6-4-8-7(11-5-6)2-1-3-10-8/h1-5H,9H2. The molecule has 0 spiro atoms. The molecule has 2 heterocycles. The molecular weight excluding hydrogens is 135 g/mol. The van der Waals surface area contributed by atoms with E-state index in [2.05, 4.69) is 9.97 Å². The predicted octanol–water partition coefficient (Wildman–Crippen LogP) is -0.112. The van der Waals surface area contributed by atoms with Crippen molar-refractivity contribution in [1.29, 1.82) is 0 Å². The quantitative estimate of drug-likeness (QED) is 0.479. The first-order valence-corrected chi connectivity index (χ1v) is 3.53. The molecule has 0 saturated carbocycles. The highest BCUT2D eigenvalue weighted by atomic mass is 14.7. The minimum atomic E-state index is 0.957. The molecule has 11 heavy (non-hydrogen) atoms. The van der Waals surface area contributed by atoms with Gasteiger partial charge in [-0.05, 0) is 18.2 Å². The number of fused-ring (bicyclic) bond motifs is 1. The zero-order valence-electron chi connectivity index (χ0n) is 6.28. The molecule has 0 aliphatic heterocycles. The van der Waals surface area contributed by atoms with E-state index in [1.165, 1.54) is 0 Å². The summed E-state index contributed by atoms with van der Waals surface area (Å²) < 4.78 is 0. The average molecular weight is 142 g/mol. The highest BCUT2D eigenvalue weighted by molar-refractivity contribution is 6.32. The molecule has 0 N–H and O–H groups in total. The lowest BCUT2D eigenvalue weighted by molar-refractivity contribution is 1.35. The maximum absolute atomic E-state index is 4.22. The van der Waals surface area contributed by atoms with Gasteiger partial charge in [0.2, 0.25) is 0 Å². The van der Waals surface area contributed by atoms with Gasteiger partial charge in [-0.25, -0.2) is 0 Å². The van der Waals surface area contributed by atoms with Gasteiger partial charge in [0.15, 0.2) is 0 Å². The lowest BCUT2D eigenvalue weighted by atomic mass is 9.98. The van der Waals surface area contributed by atoms with Crippen molar-refractivity contribution in [3.8, 4) is 0 Å². The Labute approximate surface area is 65.7 Å². The van der Waals surface area contributed by atoms with Gasteiger partial charge in [0.1, 0.15) is 7.85 Å². The zero-order valence-corrected chi connectivity index (χ0v) is 6.28. The van der Waals surface area contributed by atoms with E-state index in [-0.39, 0.29) is 0 Å². The molecule has 0 aromatic carbocycles. The molecule has 0 fully saturated rings. The zero-order chi connectivity index (χ0) is 7.68. The van der Waals surface area contributed by atoms with Crippen LogP contribution in [0, 0.1) is 0 Å². The molecule has 0 unspecified atom stereocenters. The summed E-state index contributed by atoms with van der Waals surface area (Å²) in [5, 5.41) is 0. The maximum Gasteiger partial charge on any atom is 0.141 e. The first kappa shape index (κ1) is 6.34. The first-order chi connectivity index (χ1) is 5.36. The Hall–Kier alpha value is -1.38. The van der Waals surface area contributed by atoms with Gasteiger partial charge < -0.3 is 0 Å². The number of hydrogen-bond donors (Lipinski definition) is 0. The molecule has 0 amide bonds. The Morgan fingerprint density at radius 2 is 2.09 bits per heavy atom. The molecule has 0 bridgehead atoms. The fourth-order valence-corrected chi connectivity index (χ4v) is 1.05. The predicted molar refractivity (Wildman–Crippen MR) is 47.7 cm³/mol. The van der Waals surface area contributed by atoms with Crippen LogP contribution in [0.25, 0.3) is 11.0 Å². The van der Waals surface area contributed by atoms with E-state index in [1.807, 2.05) is 32.2 Å². The largest absolute Gasteiger partial charge is 0.255 e. The summed E-state index contributed by atoms with van der Waals surface area (Å²) in [6.07, 6.45) is 3.63. The molecule has 2 rings (SSSR count). The molecule has 2 nitrogen and oxygen atoms in total. The normalized spacial score (nSPS) is 10.2. The highest BCUT2D eigenvalue weighted by Gasteiger charge is 1.92. The van der Waals surface area contributed by atoms with E-state index < -0.39 is 0 Å². The van der Waals surface area contributed by atoms with Gasteiger partial charge in [0.05, 0.1) is 11.0 Å². The van der Waals surface area contributed by atoms with Crippen LogP contribution in [0.4, 0.5) is 0 Å². The fraction of sp³-hybridized carbons (Fsp3) is 0. The van der Waals surface area contributed by atoms with Crippen LogP contribution in [0.1, 0.15) is 0 Å². The lowest BCUT2D eigenvalue weighted by Gasteiger charge is -1.95. The fourth-order valence-electron chi connectivity index (χ4n) is 1.05. The summed E-state index contributed by atoms with van der Waals surface area (Å²) >= 11 is 0. The van der Waals surface area contributed by atoms with Gasteiger partial charge in [-0.2, -0.15) is 0 Å². The minimum Gasteiger partial charge on any atom is -0.255 e. The van der Waals surface area contributed by atoms with Gasteiger partial charge in [0, 0.05) is 12.4 Å². The van der Waals surface area contributed by atoms with Crippen LogP contribution in [0.3, 0.4) is 0 Å². The van der Waals surface area contributed by atoms with Crippen LogP contribution in [0.2, 0.25) is 0 Å². The van der Waals surface area contributed by atoms with Crippen molar-refractivity contribution >= 4 is 24.3 Å². The van der Waals surface area contributed by atoms with Crippen LogP contribution in [-0.4, -0.2) is 17.8 Å².